The van der Waals surface area contributed by atoms with Gasteiger partial charge in [0, 0.05) is 26.1 Å². The molecule has 2 fully saturated rings. The van der Waals surface area contributed by atoms with E-state index in [1.54, 1.807) is 6.92 Å². The highest BCUT2D eigenvalue weighted by Crippen LogP contribution is 2.26. The molecular weight excluding hydrogens is 260 g/mol. The topological polar surface area (TPSA) is 32.3 Å². The summed E-state index contributed by atoms with van der Waals surface area (Å²) in [5.74, 6) is 1.87. The van der Waals surface area contributed by atoms with E-state index in [9.17, 15) is 4.79 Å². The molecule has 2 rings (SSSR count). The molecular formula is C18H36N2O. The fourth-order valence-electron chi connectivity index (χ4n) is 3.59. The van der Waals surface area contributed by atoms with Gasteiger partial charge in [0.05, 0.1) is 0 Å². The van der Waals surface area contributed by atoms with Crippen LogP contribution in [-0.4, -0.2) is 36.5 Å². The quantitative estimate of drug-likeness (QED) is 0.858. The summed E-state index contributed by atoms with van der Waals surface area (Å²) in [4.78, 5) is 13.7. The molecule has 3 nitrogen and oxygen atoms in total. The third kappa shape index (κ3) is 7.85. The molecule has 2 aliphatic rings. The van der Waals surface area contributed by atoms with E-state index in [1.165, 1.54) is 64.6 Å². The molecule has 0 aromatic carbocycles. The van der Waals surface area contributed by atoms with E-state index in [2.05, 4.69) is 31.0 Å². The average molecular weight is 296 g/mol. The summed E-state index contributed by atoms with van der Waals surface area (Å²) >= 11 is 0. The Morgan fingerprint density at radius 2 is 1.76 bits per heavy atom. The molecule has 1 amide bonds. The van der Waals surface area contributed by atoms with Crippen LogP contribution in [0.3, 0.4) is 0 Å². The van der Waals surface area contributed by atoms with Gasteiger partial charge in [-0.15, -0.1) is 0 Å². The molecule has 1 atom stereocenters. The van der Waals surface area contributed by atoms with E-state index < -0.39 is 0 Å². The molecule has 3 heteroatoms. The van der Waals surface area contributed by atoms with E-state index in [0.717, 1.165) is 11.8 Å². The van der Waals surface area contributed by atoms with Crippen molar-refractivity contribution in [3.8, 4) is 0 Å². The van der Waals surface area contributed by atoms with Crippen LogP contribution in [0.25, 0.3) is 0 Å². The van der Waals surface area contributed by atoms with Crippen LogP contribution in [0.2, 0.25) is 0 Å². The predicted molar refractivity (Wildman–Crippen MR) is 90.4 cm³/mol. The summed E-state index contributed by atoms with van der Waals surface area (Å²) in [6.07, 6.45) is 8.96. The Morgan fingerprint density at radius 3 is 2.29 bits per heavy atom. The van der Waals surface area contributed by atoms with Gasteiger partial charge < -0.3 is 10.2 Å². The molecule has 1 saturated heterocycles. The van der Waals surface area contributed by atoms with Crippen LogP contribution >= 0.6 is 0 Å². The Labute approximate surface area is 131 Å². The zero-order chi connectivity index (χ0) is 15.7. The van der Waals surface area contributed by atoms with E-state index in [-0.39, 0.29) is 5.91 Å². The van der Waals surface area contributed by atoms with Crippen molar-refractivity contribution in [2.75, 3.05) is 19.6 Å². The Hall–Kier alpha value is -0.570. The summed E-state index contributed by atoms with van der Waals surface area (Å²) in [6.45, 7) is 12.1. The Bertz CT molecular complexity index is 285. The van der Waals surface area contributed by atoms with Gasteiger partial charge in [0.1, 0.15) is 0 Å². The van der Waals surface area contributed by atoms with Crippen LogP contribution < -0.4 is 5.32 Å². The van der Waals surface area contributed by atoms with Gasteiger partial charge in [0.15, 0.2) is 0 Å². The number of hydrogen-bond acceptors (Lipinski definition) is 2. The van der Waals surface area contributed by atoms with Crippen LogP contribution in [0.4, 0.5) is 0 Å². The maximum absolute atomic E-state index is 11.0. The highest BCUT2D eigenvalue weighted by Gasteiger charge is 2.25. The SMILES string of the molecule is CC(=O)NC1CCC(CN2CCCC(C)C2)CC1.CCC. The van der Waals surface area contributed by atoms with Gasteiger partial charge in [0.2, 0.25) is 5.91 Å². The van der Waals surface area contributed by atoms with Crippen LogP contribution in [-0.2, 0) is 4.79 Å². The number of piperidine rings is 1. The van der Waals surface area contributed by atoms with Crippen molar-refractivity contribution in [1.82, 2.24) is 10.2 Å². The number of likely N-dealkylation sites (tertiary alicyclic amines) is 1. The van der Waals surface area contributed by atoms with E-state index in [0.29, 0.717) is 6.04 Å². The highest BCUT2D eigenvalue weighted by atomic mass is 16.1. The molecule has 1 saturated carbocycles. The Balaban J connectivity index is 0.000000677. The smallest absolute Gasteiger partial charge is 0.217 e. The molecule has 0 bridgehead atoms. The first kappa shape index (κ1) is 18.5. The van der Waals surface area contributed by atoms with Crippen LogP contribution in [0, 0.1) is 11.8 Å². The van der Waals surface area contributed by atoms with Crippen LogP contribution in [0.1, 0.15) is 72.6 Å². The lowest BCUT2D eigenvalue weighted by Gasteiger charge is -2.36. The van der Waals surface area contributed by atoms with Crippen molar-refractivity contribution in [3.05, 3.63) is 0 Å². The van der Waals surface area contributed by atoms with Crippen molar-refractivity contribution < 1.29 is 4.79 Å². The lowest BCUT2D eigenvalue weighted by Crippen LogP contribution is -2.41. The van der Waals surface area contributed by atoms with Crippen molar-refractivity contribution in [3.63, 3.8) is 0 Å². The fourth-order valence-corrected chi connectivity index (χ4v) is 3.59. The average Bonchev–Trinajstić information content (AvgIpc) is 2.41. The molecule has 0 spiro atoms. The highest BCUT2D eigenvalue weighted by molar-refractivity contribution is 5.73. The second-order valence-electron chi connectivity index (χ2n) is 7.13. The Morgan fingerprint density at radius 1 is 1.14 bits per heavy atom. The summed E-state index contributed by atoms with van der Waals surface area (Å²) < 4.78 is 0. The first-order chi connectivity index (χ1) is 10.0. The summed E-state index contributed by atoms with van der Waals surface area (Å²) in [7, 11) is 0. The van der Waals surface area contributed by atoms with E-state index >= 15 is 0 Å². The van der Waals surface area contributed by atoms with E-state index in [1.807, 2.05) is 0 Å². The fraction of sp³-hybridized carbons (Fsp3) is 0.944. The molecule has 1 N–H and O–H groups in total. The minimum Gasteiger partial charge on any atom is -0.354 e. The zero-order valence-corrected chi connectivity index (χ0v) is 14.7. The zero-order valence-electron chi connectivity index (χ0n) is 14.7. The van der Waals surface area contributed by atoms with Crippen molar-refractivity contribution in [1.29, 1.82) is 0 Å². The number of nitrogens with zero attached hydrogens (tertiary/aromatic N) is 1. The lowest BCUT2D eigenvalue weighted by atomic mass is 9.85. The Kier molecular flexibility index (Phi) is 8.98. The van der Waals surface area contributed by atoms with Crippen molar-refractivity contribution in [2.45, 2.75) is 78.7 Å². The molecule has 1 aliphatic carbocycles. The first-order valence-electron chi connectivity index (χ1n) is 9.04. The third-order valence-corrected chi connectivity index (χ3v) is 4.51. The monoisotopic (exact) mass is 296 g/mol. The van der Waals surface area contributed by atoms with Crippen molar-refractivity contribution >= 4 is 5.91 Å². The van der Waals surface area contributed by atoms with Gasteiger partial charge in [-0.25, -0.2) is 0 Å². The van der Waals surface area contributed by atoms with Gasteiger partial charge >= 0.3 is 0 Å². The number of carbonyl (C=O) groups excluding carboxylic acids is 1. The number of rotatable bonds is 3. The largest absolute Gasteiger partial charge is 0.354 e. The third-order valence-electron chi connectivity index (χ3n) is 4.51. The number of nitrogens with one attached hydrogen (secondary N) is 1. The number of amides is 1. The molecule has 0 aromatic heterocycles. The maximum atomic E-state index is 11.0. The van der Waals surface area contributed by atoms with Crippen molar-refractivity contribution in [2.24, 2.45) is 11.8 Å². The second kappa shape index (κ2) is 10.2. The summed E-state index contributed by atoms with van der Waals surface area (Å²) in [6, 6.07) is 0.444. The molecule has 21 heavy (non-hydrogen) atoms. The molecule has 0 aromatic rings. The van der Waals surface area contributed by atoms with Gasteiger partial charge in [-0.2, -0.15) is 0 Å². The first-order valence-corrected chi connectivity index (χ1v) is 9.04. The molecule has 1 aliphatic heterocycles. The molecule has 1 heterocycles. The summed E-state index contributed by atoms with van der Waals surface area (Å²) in [5, 5.41) is 3.06. The van der Waals surface area contributed by atoms with Gasteiger partial charge in [-0.05, 0) is 56.9 Å². The summed E-state index contributed by atoms with van der Waals surface area (Å²) in [5.41, 5.74) is 0. The lowest BCUT2D eigenvalue weighted by molar-refractivity contribution is -0.119. The second-order valence-corrected chi connectivity index (χ2v) is 7.13. The van der Waals surface area contributed by atoms with Crippen LogP contribution in [0.15, 0.2) is 0 Å². The predicted octanol–water partition coefficient (Wildman–Crippen LogP) is 3.83. The molecule has 0 radical (unpaired) electrons. The van der Waals surface area contributed by atoms with Crippen LogP contribution in [0.5, 0.6) is 0 Å². The minimum absolute atomic E-state index is 0.128. The minimum atomic E-state index is 0.128. The van der Waals surface area contributed by atoms with Gasteiger partial charge in [-0.3, -0.25) is 4.79 Å². The maximum Gasteiger partial charge on any atom is 0.217 e. The number of hydrogen-bond donors (Lipinski definition) is 1. The molecule has 124 valence electrons. The van der Waals surface area contributed by atoms with E-state index in [4.69, 9.17) is 0 Å². The standard InChI is InChI=1S/C15H28N2O.C3H8/c1-12-4-3-9-17(10-12)11-14-5-7-15(8-6-14)16-13(2)18;1-3-2/h12,14-15H,3-11H2,1-2H3,(H,16,18);3H2,1-2H3. The normalized spacial score (nSPS) is 30.2. The van der Waals surface area contributed by atoms with Gasteiger partial charge in [0.25, 0.3) is 0 Å². The van der Waals surface area contributed by atoms with Gasteiger partial charge in [-0.1, -0.05) is 27.2 Å². The molecule has 1 unspecified atom stereocenters. The number of carbonyl (C=O) groups is 1.